The van der Waals surface area contributed by atoms with Gasteiger partial charge in [0.15, 0.2) is 0 Å². The molecule has 0 heterocycles. The van der Waals surface area contributed by atoms with Crippen LogP contribution in [0, 0.1) is 5.92 Å². The highest BCUT2D eigenvalue weighted by Crippen LogP contribution is 2.49. The number of benzene rings is 2. The maximum absolute atomic E-state index is 10.9. The van der Waals surface area contributed by atoms with Crippen LogP contribution in [0.2, 0.25) is 0 Å². The number of unbranched alkanes of at least 4 members (excludes halogenated alkanes) is 1. The third-order valence-electron chi connectivity index (χ3n) is 5.85. The van der Waals surface area contributed by atoms with E-state index >= 15 is 0 Å². The normalized spacial score (nSPS) is 18.5. The van der Waals surface area contributed by atoms with Gasteiger partial charge in [-0.1, -0.05) is 63.8 Å². The van der Waals surface area contributed by atoms with E-state index in [1.807, 2.05) is 24.3 Å². The van der Waals surface area contributed by atoms with Crippen molar-refractivity contribution in [3.8, 4) is 11.5 Å². The van der Waals surface area contributed by atoms with Gasteiger partial charge in [0, 0.05) is 21.9 Å². The Bertz CT molecular complexity index is 705. The average Bonchev–Trinajstić information content (AvgIpc) is 2.63. The Morgan fingerprint density at radius 2 is 1.79 bits per heavy atom. The van der Waals surface area contributed by atoms with Crippen molar-refractivity contribution in [3.63, 3.8) is 0 Å². The van der Waals surface area contributed by atoms with Gasteiger partial charge in [-0.3, -0.25) is 0 Å². The SMILES string of the molecule is CCCCC(CC)CC1CCCc2c1c(O)c1ccccc1c2O. The van der Waals surface area contributed by atoms with Crippen molar-refractivity contribution in [1.82, 2.24) is 0 Å². The van der Waals surface area contributed by atoms with Gasteiger partial charge in [0.2, 0.25) is 0 Å². The lowest BCUT2D eigenvalue weighted by Crippen LogP contribution is -2.14. The Hall–Kier alpha value is -1.70. The number of aromatic hydroxyl groups is 2. The molecule has 0 saturated heterocycles. The number of rotatable bonds is 6. The van der Waals surface area contributed by atoms with Crippen molar-refractivity contribution in [3.05, 3.63) is 35.4 Å². The van der Waals surface area contributed by atoms with Crippen molar-refractivity contribution in [2.24, 2.45) is 5.92 Å². The maximum Gasteiger partial charge on any atom is 0.127 e. The summed E-state index contributed by atoms with van der Waals surface area (Å²) in [5, 5.41) is 23.3. The molecule has 0 amide bonds. The maximum atomic E-state index is 10.9. The summed E-state index contributed by atoms with van der Waals surface area (Å²) >= 11 is 0. The molecule has 2 aromatic rings. The largest absolute Gasteiger partial charge is 0.507 e. The quantitative estimate of drug-likeness (QED) is 0.613. The monoisotopic (exact) mass is 326 g/mol. The van der Waals surface area contributed by atoms with Gasteiger partial charge in [0.1, 0.15) is 11.5 Å². The number of fused-ring (bicyclic) bond motifs is 2. The van der Waals surface area contributed by atoms with E-state index in [0.717, 1.165) is 47.6 Å². The average molecular weight is 326 g/mol. The van der Waals surface area contributed by atoms with Crippen LogP contribution in [-0.4, -0.2) is 10.2 Å². The predicted molar refractivity (Wildman–Crippen MR) is 101 cm³/mol. The molecular weight excluding hydrogens is 296 g/mol. The Balaban J connectivity index is 2.00. The molecule has 2 atom stereocenters. The third kappa shape index (κ3) is 3.11. The fourth-order valence-corrected chi connectivity index (χ4v) is 4.46. The minimum Gasteiger partial charge on any atom is -0.507 e. The molecule has 0 aliphatic heterocycles. The van der Waals surface area contributed by atoms with E-state index in [2.05, 4.69) is 13.8 Å². The van der Waals surface area contributed by atoms with Gasteiger partial charge in [-0.05, 0) is 37.5 Å². The molecule has 0 aromatic heterocycles. The zero-order valence-corrected chi connectivity index (χ0v) is 15.0. The van der Waals surface area contributed by atoms with E-state index in [9.17, 15) is 10.2 Å². The van der Waals surface area contributed by atoms with Gasteiger partial charge in [-0.25, -0.2) is 0 Å². The summed E-state index contributed by atoms with van der Waals surface area (Å²) in [7, 11) is 0. The summed E-state index contributed by atoms with van der Waals surface area (Å²) in [4.78, 5) is 0. The van der Waals surface area contributed by atoms with Gasteiger partial charge in [0.05, 0.1) is 0 Å². The lowest BCUT2D eigenvalue weighted by Gasteiger charge is -2.30. The number of phenols is 2. The van der Waals surface area contributed by atoms with Crippen LogP contribution in [0.4, 0.5) is 0 Å². The van der Waals surface area contributed by atoms with Crippen LogP contribution in [0.3, 0.4) is 0 Å². The molecule has 2 aromatic carbocycles. The number of phenolic OH excluding ortho intramolecular Hbond substituents is 2. The standard InChI is InChI=1S/C22H30O2/c1-3-5-9-15(4-2)14-16-10-8-13-19-20(16)22(24)18-12-7-6-11-17(18)21(19)23/h6-7,11-12,15-16,23-24H,3-5,8-10,13-14H2,1-2H3. The Morgan fingerprint density at radius 3 is 2.46 bits per heavy atom. The van der Waals surface area contributed by atoms with E-state index in [1.54, 1.807) is 0 Å². The molecule has 24 heavy (non-hydrogen) atoms. The lowest BCUT2D eigenvalue weighted by molar-refractivity contribution is 0.352. The molecule has 130 valence electrons. The van der Waals surface area contributed by atoms with Crippen LogP contribution >= 0.6 is 0 Å². The first-order valence-electron chi connectivity index (χ1n) is 9.62. The van der Waals surface area contributed by atoms with Crippen molar-refractivity contribution in [1.29, 1.82) is 0 Å². The predicted octanol–water partition coefficient (Wildman–Crippen LogP) is 6.28. The molecule has 0 saturated carbocycles. The second kappa shape index (κ2) is 7.46. The lowest BCUT2D eigenvalue weighted by atomic mass is 9.75. The van der Waals surface area contributed by atoms with Crippen LogP contribution in [0.1, 0.15) is 75.8 Å². The first-order valence-corrected chi connectivity index (χ1v) is 9.62. The van der Waals surface area contributed by atoms with Gasteiger partial charge in [0.25, 0.3) is 0 Å². The summed E-state index contributed by atoms with van der Waals surface area (Å²) in [5.41, 5.74) is 2.03. The molecule has 2 heteroatoms. The summed E-state index contributed by atoms with van der Waals surface area (Å²) in [6.07, 6.45) is 9.25. The Kier molecular flexibility index (Phi) is 5.33. The van der Waals surface area contributed by atoms with Crippen LogP contribution in [-0.2, 0) is 6.42 Å². The summed E-state index contributed by atoms with van der Waals surface area (Å²) < 4.78 is 0. The number of hydrogen-bond acceptors (Lipinski definition) is 2. The molecule has 0 fully saturated rings. The minimum atomic E-state index is 0.381. The van der Waals surface area contributed by atoms with Crippen LogP contribution < -0.4 is 0 Å². The summed E-state index contributed by atoms with van der Waals surface area (Å²) in [5.74, 6) is 1.90. The van der Waals surface area contributed by atoms with Gasteiger partial charge < -0.3 is 10.2 Å². The van der Waals surface area contributed by atoms with Crippen molar-refractivity contribution >= 4 is 10.8 Å². The molecule has 0 spiro atoms. The molecular formula is C22H30O2. The second-order valence-corrected chi connectivity index (χ2v) is 7.38. The van der Waals surface area contributed by atoms with Crippen molar-refractivity contribution in [2.75, 3.05) is 0 Å². The van der Waals surface area contributed by atoms with Crippen LogP contribution in [0.25, 0.3) is 10.8 Å². The molecule has 0 bridgehead atoms. The molecule has 1 aliphatic rings. The van der Waals surface area contributed by atoms with Crippen LogP contribution in [0.5, 0.6) is 11.5 Å². The molecule has 2 N–H and O–H groups in total. The Morgan fingerprint density at radius 1 is 1.08 bits per heavy atom. The van der Waals surface area contributed by atoms with E-state index < -0.39 is 0 Å². The molecule has 3 rings (SSSR count). The zero-order chi connectivity index (χ0) is 17.1. The number of hydrogen-bond donors (Lipinski definition) is 2. The fourth-order valence-electron chi connectivity index (χ4n) is 4.46. The molecule has 0 radical (unpaired) electrons. The first kappa shape index (κ1) is 17.1. The van der Waals surface area contributed by atoms with Gasteiger partial charge in [-0.15, -0.1) is 0 Å². The van der Waals surface area contributed by atoms with Crippen molar-refractivity contribution < 1.29 is 10.2 Å². The minimum absolute atomic E-state index is 0.381. The molecule has 1 aliphatic carbocycles. The highest BCUT2D eigenvalue weighted by Gasteiger charge is 2.29. The first-order chi connectivity index (χ1) is 11.7. The van der Waals surface area contributed by atoms with E-state index in [1.165, 1.54) is 25.7 Å². The topological polar surface area (TPSA) is 40.5 Å². The molecule has 2 nitrogen and oxygen atoms in total. The van der Waals surface area contributed by atoms with Gasteiger partial charge >= 0.3 is 0 Å². The highest BCUT2D eigenvalue weighted by molar-refractivity contribution is 5.95. The Labute approximate surface area is 145 Å². The zero-order valence-electron chi connectivity index (χ0n) is 15.0. The fraction of sp³-hybridized carbons (Fsp3) is 0.545. The van der Waals surface area contributed by atoms with Crippen molar-refractivity contribution in [2.45, 2.75) is 71.1 Å². The van der Waals surface area contributed by atoms with E-state index in [-0.39, 0.29) is 0 Å². The third-order valence-corrected chi connectivity index (χ3v) is 5.85. The highest BCUT2D eigenvalue weighted by atomic mass is 16.3. The van der Waals surface area contributed by atoms with Gasteiger partial charge in [-0.2, -0.15) is 0 Å². The molecule has 2 unspecified atom stereocenters. The second-order valence-electron chi connectivity index (χ2n) is 7.38. The summed E-state index contributed by atoms with van der Waals surface area (Å²) in [6.45, 7) is 4.53. The van der Waals surface area contributed by atoms with E-state index in [0.29, 0.717) is 23.3 Å². The van der Waals surface area contributed by atoms with E-state index in [4.69, 9.17) is 0 Å². The summed E-state index contributed by atoms with van der Waals surface area (Å²) in [6, 6.07) is 7.68. The van der Waals surface area contributed by atoms with Crippen LogP contribution in [0.15, 0.2) is 24.3 Å². The smallest absolute Gasteiger partial charge is 0.127 e.